The van der Waals surface area contributed by atoms with Gasteiger partial charge < -0.3 is 10.1 Å². The molecular weight excluding hydrogens is 211 g/mol. The van der Waals surface area contributed by atoms with Crippen LogP contribution in [0.5, 0.6) is 5.88 Å². The normalized spacial score (nSPS) is 11.3. The van der Waals surface area contributed by atoms with Crippen molar-refractivity contribution in [2.45, 2.75) is 13.1 Å². The van der Waals surface area contributed by atoms with Crippen molar-refractivity contribution < 1.29 is 17.9 Å². The first-order valence-electron chi connectivity index (χ1n) is 4.11. The van der Waals surface area contributed by atoms with Gasteiger partial charge in [0.25, 0.3) is 0 Å². The minimum absolute atomic E-state index is 0.0941. The lowest BCUT2D eigenvalue weighted by molar-refractivity contribution is -0.115. The third kappa shape index (κ3) is 4.01. The fraction of sp³-hybridized carbons (Fsp3) is 0.500. The summed E-state index contributed by atoms with van der Waals surface area (Å²) in [6.07, 6.45) is -4.27. The largest absolute Gasteiger partial charge is 0.481 e. The molecule has 4 nitrogen and oxygen atoms in total. The summed E-state index contributed by atoms with van der Waals surface area (Å²) in [6, 6.07) is 1.30. The van der Waals surface area contributed by atoms with Gasteiger partial charge in [0.2, 0.25) is 5.88 Å². The zero-order chi connectivity index (χ0) is 11.5. The summed E-state index contributed by atoms with van der Waals surface area (Å²) in [5.74, 6) is 0.669. The maximum Gasteiger partial charge on any atom is 0.405 e. The van der Waals surface area contributed by atoms with Gasteiger partial charge in [0, 0.05) is 6.07 Å². The van der Waals surface area contributed by atoms with E-state index in [4.69, 9.17) is 4.74 Å². The van der Waals surface area contributed by atoms with Gasteiger partial charge in [-0.3, -0.25) is 0 Å². The van der Waals surface area contributed by atoms with Crippen molar-refractivity contribution in [3.63, 3.8) is 0 Å². The van der Waals surface area contributed by atoms with Gasteiger partial charge >= 0.3 is 6.18 Å². The lowest BCUT2D eigenvalue weighted by Gasteiger charge is -2.09. The van der Waals surface area contributed by atoms with Crippen molar-refractivity contribution >= 4 is 5.82 Å². The van der Waals surface area contributed by atoms with E-state index in [0.717, 1.165) is 0 Å². The summed E-state index contributed by atoms with van der Waals surface area (Å²) < 4.78 is 40.5. The van der Waals surface area contributed by atoms with Crippen LogP contribution in [0.1, 0.15) is 5.82 Å². The molecule has 0 bridgehead atoms. The van der Waals surface area contributed by atoms with Gasteiger partial charge in [-0.25, -0.2) is 4.98 Å². The predicted octanol–water partition coefficient (Wildman–Crippen LogP) is 1.77. The van der Waals surface area contributed by atoms with E-state index in [1.54, 1.807) is 6.92 Å². The van der Waals surface area contributed by atoms with E-state index in [2.05, 4.69) is 15.3 Å². The van der Waals surface area contributed by atoms with Gasteiger partial charge in [-0.05, 0) is 6.92 Å². The second-order valence-electron chi connectivity index (χ2n) is 2.81. The Labute approximate surface area is 84.5 Å². The summed E-state index contributed by atoms with van der Waals surface area (Å²) >= 11 is 0. The molecule has 0 radical (unpaired) electrons. The number of halogens is 3. The van der Waals surface area contributed by atoms with Gasteiger partial charge in [0.15, 0.2) is 0 Å². The standard InChI is InChI=1S/C8H10F3N3O/c1-5-13-6(3-7(14-5)15-2)12-4-8(9,10)11/h3H,4H2,1-2H3,(H,12,13,14). The van der Waals surface area contributed by atoms with Gasteiger partial charge in [-0.1, -0.05) is 0 Å². The van der Waals surface area contributed by atoms with Gasteiger partial charge in [0.1, 0.15) is 18.2 Å². The van der Waals surface area contributed by atoms with Crippen molar-refractivity contribution in [3.8, 4) is 5.88 Å². The summed E-state index contributed by atoms with van der Waals surface area (Å²) in [7, 11) is 1.38. The number of aromatic nitrogens is 2. The van der Waals surface area contributed by atoms with Gasteiger partial charge in [0.05, 0.1) is 7.11 Å². The number of alkyl halides is 3. The van der Waals surface area contributed by atoms with Crippen molar-refractivity contribution in [3.05, 3.63) is 11.9 Å². The minimum atomic E-state index is -4.27. The molecule has 0 fully saturated rings. The molecule has 0 amide bonds. The van der Waals surface area contributed by atoms with E-state index in [0.29, 0.717) is 5.82 Å². The molecule has 0 aliphatic rings. The van der Waals surface area contributed by atoms with Gasteiger partial charge in [-0.2, -0.15) is 18.2 Å². The Morgan fingerprint density at radius 1 is 1.40 bits per heavy atom. The van der Waals surface area contributed by atoms with Crippen molar-refractivity contribution in [2.24, 2.45) is 0 Å². The van der Waals surface area contributed by atoms with Gasteiger partial charge in [-0.15, -0.1) is 0 Å². The number of nitrogens with one attached hydrogen (secondary N) is 1. The minimum Gasteiger partial charge on any atom is -0.481 e. The SMILES string of the molecule is COc1cc(NCC(F)(F)F)nc(C)n1. The number of aryl methyl sites for hydroxylation is 1. The van der Waals surface area contributed by atoms with E-state index in [1.807, 2.05) is 0 Å². The molecule has 0 saturated carbocycles. The first kappa shape index (κ1) is 11.5. The second-order valence-corrected chi connectivity index (χ2v) is 2.81. The van der Waals surface area contributed by atoms with Crippen molar-refractivity contribution in [1.82, 2.24) is 9.97 Å². The average Bonchev–Trinajstić information content (AvgIpc) is 2.13. The molecular formula is C8H10F3N3O. The lowest BCUT2D eigenvalue weighted by Crippen LogP contribution is -2.22. The summed E-state index contributed by atoms with van der Waals surface area (Å²) in [4.78, 5) is 7.62. The number of methoxy groups -OCH3 is 1. The molecule has 15 heavy (non-hydrogen) atoms. The molecule has 0 spiro atoms. The molecule has 1 aromatic rings. The van der Waals surface area contributed by atoms with Crippen molar-refractivity contribution in [1.29, 1.82) is 0 Å². The van der Waals surface area contributed by atoms with E-state index >= 15 is 0 Å². The molecule has 0 aromatic carbocycles. The van der Waals surface area contributed by atoms with Crippen LogP contribution in [0, 0.1) is 6.92 Å². The third-order valence-electron chi connectivity index (χ3n) is 1.49. The summed E-state index contributed by atoms with van der Waals surface area (Å²) in [6.45, 7) is 0.438. The zero-order valence-corrected chi connectivity index (χ0v) is 8.22. The van der Waals surface area contributed by atoms with E-state index in [1.165, 1.54) is 13.2 Å². The Morgan fingerprint density at radius 2 is 2.07 bits per heavy atom. The van der Waals surface area contributed by atoms with E-state index < -0.39 is 12.7 Å². The molecule has 1 rings (SSSR count). The third-order valence-corrected chi connectivity index (χ3v) is 1.49. The highest BCUT2D eigenvalue weighted by Crippen LogP contribution is 2.17. The Morgan fingerprint density at radius 3 is 2.60 bits per heavy atom. The van der Waals surface area contributed by atoms with Crippen LogP contribution in [-0.4, -0.2) is 29.8 Å². The van der Waals surface area contributed by atoms with Crippen LogP contribution >= 0.6 is 0 Å². The molecule has 0 saturated heterocycles. The van der Waals surface area contributed by atoms with Crippen LogP contribution in [-0.2, 0) is 0 Å². The summed E-state index contributed by atoms with van der Waals surface area (Å²) in [5.41, 5.74) is 0. The molecule has 0 unspecified atom stereocenters. The lowest BCUT2D eigenvalue weighted by atomic mass is 10.5. The predicted molar refractivity (Wildman–Crippen MR) is 47.9 cm³/mol. The maximum atomic E-state index is 11.9. The van der Waals surface area contributed by atoms with Crippen LogP contribution in [0.2, 0.25) is 0 Å². The Balaban J connectivity index is 2.73. The van der Waals surface area contributed by atoms with E-state index in [9.17, 15) is 13.2 Å². The van der Waals surface area contributed by atoms with Crippen LogP contribution in [0.25, 0.3) is 0 Å². The Bertz CT molecular complexity index is 340. The molecule has 1 N–H and O–H groups in total. The number of ether oxygens (including phenoxy) is 1. The monoisotopic (exact) mass is 221 g/mol. The molecule has 0 atom stereocenters. The first-order chi connectivity index (χ1) is 6.90. The van der Waals surface area contributed by atoms with Crippen LogP contribution < -0.4 is 10.1 Å². The quantitative estimate of drug-likeness (QED) is 0.844. The highest BCUT2D eigenvalue weighted by atomic mass is 19.4. The molecule has 0 aliphatic carbocycles. The molecule has 1 heterocycles. The van der Waals surface area contributed by atoms with Crippen LogP contribution in [0.4, 0.5) is 19.0 Å². The Kier molecular flexibility index (Phi) is 3.33. The number of hydrogen-bond donors (Lipinski definition) is 1. The fourth-order valence-corrected chi connectivity index (χ4v) is 0.926. The average molecular weight is 221 g/mol. The summed E-state index contributed by atoms with van der Waals surface area (Å²) in [5, 5.41) is 2.14. The van der Waals surface area contributed by atoms with Crippen LogP contribution in [0.15, 0.2) is 6.07 Å². The van der Waals surface area contributed by atoms with Crippen molar-refractivity contribution in [2.75, 3.05) is 19.0 Å². The smallest absolute Gasteiger partial charge is 0.405 e. The van der Waals surface area contributed by atoms with E-state index in [-0.39, 0.29) is 11.7 Å². The zero-order valence-electron chi connectivity index (χ0n) is 8.22. The Hall–Kier alpha value is -1.53. The molecule has 84 valence electrons. The maximum absolute atomic E-state index is 11.9. The highest BCUT2D eigenvalue weighted by molar-refractivity contribution is 5.38. The highest BCUT2D eigenvalue weighted by Gasteiger charge is 2.26. The number of hydrogen-bond acceptors (Lipinski definition) is 4. The number of nitrogens with zero attached hydrogens (tertiary/aromatic N) is 2. The number of anilines is 1. The molecule has 1 aromatic heterocycles. The first-order valence-corrected chi connectivity index (χ1v) is 4.11. The molecule has 0 aliphatic heterocycles. The van der Waals surface area contributed by atoms with Crippen LogP contribution in [0.3, 0.4) is 0 Å². The second kappa shape index (κ2) is 4.33. The number of rotatable bonds is 3. The fourth-order valence-electron chi connectivity index (χ4n) is 0.926. The topological polar surface area (TPSA) is 47.0 Å². The molecule has 7 heteroatoms.